The van der Waals surface area contributed by atoms with Crippen LogP contribution in [-0.4, -0.2) is 10.9 Å². The topological polar surface area (TPSA) is 56.0 Å². The van der Waals surface area contributed by atoms with Crippen molar-refractivity contribution in [2.75, 3.05) is 0 Å². The standard InChI is InChI=1S/C18H28N2O/c1-13(2)16-8-7-14(3)12-18(16,17(19)21)10-9-15-6-4-5-11-20-15/h4-6,11,13-14,16H,7-10,12H2,1-3H3,(H2,19,21)/t14-,16+,18-/m1/s1. The first-order valence-electron chi connectivity index (χ1n) is 8.15. The summed E-state index contributed by atoms with van der Waals surface area (Å²) in [7, 11) is 0. The fourth-order valence-corrected chi connectivity index (χ4v) is 4.18. The Kier molecular flexibility index (Phi) is 5.02. The van der Waals surface area contributed by atoms with Gasteiger partial charge in [-0.2, -0.15) is 0 Å². The summed E-state index contributed by atoms with van der Waals surface area (Å²) < 4.78 is 0. The van der Waals surface area contributed by atoms with Crippen molar-refractivity contribution < 1.29 is 4.79 Å². The van der Waals surface area contributed by atoms with Crippen LogP contribution in [0.4, 0.5) is 0 Å². The van der Waals surface area contributed by atoms with E-state index in [9.17, 15) is 4.79 Å². The van der Waals surface area contributed by atoms with Crippen molar-refractivity contribution in [1.82, 2.24) is 4.98 Å². The van der Waals surface area contributed by atoms with Gasteiger partial charge in [-0.3, -0.25) is 9.78 Å². The van der Waals surface area contributed by atoms with Gasteiger partial charge in [-0.05, 0) is 55.6 Å². The van der Waals surface area contributed by atoms with E-state index in [-0.39, 0.29) is 11.3 Å². The molecule has 1 fully saturated rings. The Morgan fingerprint density at radius 3 is 2.76 bits per heavy atom. The molecule has 1 amide bonds. The Labute approximate surface area is 128 Å². The van der Waals surface area contributed by atoms with Crippen LogP contribution >= 0.6 is 0 Å². The highest BCUT2D eigenvalue weighted by Crippen LogP contribution is 2.49. The third kappa shape index (κ3) is 3.45. The van der Waals surface area contributed by atoms with E-state index in [2.05, 4.69) is 25.8 Å². The predicted molar refractivity (Wildman–Crippen MR) is 85.5 cm³/mol. The van der Waals surface area contributed by atoms with Crippen LogP contribution in [0.1, 0.15) is 52.1 Å². The molecule has 0 aromatic carbocycles. The molecule has 1 heterocycles. The van der Waals surface area contributed by atoms with Gasteiger partial charge in [0.25, 0.3) is 0 Å². The van der Waals surface area contributed by atoms with Crippen molar-refractivity contribution in [3.05, 3.63) is 30.1 Å². The monoisotopic (exact) mass is 288 g/mol. The lowest BCUT2D eigenvalue weighted by Crippen LogP contribution is -2.49. The SMILES string of the molecule is CC(C)[C@@H]1CC[C@@H](C)C[C@@]1(CCc1ccccn1)C(N)=O. The number of hydrogen-bond donors (Lipinski definition) is 1. The zero-order chi connectivity index (χ0) is 15.5. The minimum absolute atomic E-state index is 0.108. The molecule has 3 nitrogen and oxygen atoms in total. The fraction of sp³-hybridized carbons (Fsp3) is 0.667. The normalized spacial score (nSPS) is 29.5. The number of primary amides is 1. The second-order valence-corrected chi connectivity index (χ2v) is 7.08. The van der Waals surface area contributed by atoms with Gasteiger partial charge >= 0.3 is 0 Å². The number of aryl methyl sites for hydroxylation is 1. The molecule has 1 saturated carbocycles. The molecule has 1 aromatic rings. The molecule has 0 aliphatic heterocycles. The van der Waals surface area contributed by atoms with Gasteiger partial charge in [0.15, 0.2) is 0 Å². The van der Waals surface area contributed by atoms with Gasteiger partial charge in [-0.25, -0.2) is 0 Å². The van der Waals surface area contributed by atoms with Crippen LogP contribution < -0.4 is 5.73 Å². The van der Waals surface area contributed by atoms with E-state index in [0.29, 0.717) is 17.8 Å². The van der Waals surface area contributed by atoms with E-state index in [1.54, 1.807) is 0 Å². The Morgan fingerprint density at radius 1 is 1.43 bits per heavy atom. The van der Waals surface area contributed by atoms with Gasteiger partial charge in [0.2, 0.25) is 5.91 Å². The highest BCUT2D eigenvalue weighted by Gasteiger charge is 2.48. The van der Waals surface area contributed by atoms with Crippen LogP contribution in [-0.2, 0) is 11.2 Å². The van der Waals surface area contributed by atoms with E-state index in [1.165, 1.54) is 6.42 Å². The molecule has 0 spiro atoms. The third-order valence-electron chi connectivity index (χ3n) is 5.24. The number of aromatic nitrogens is 1. The average molecular weight is 288 g/mol. The van der Waals surface area contributed by atoms with Gasteiger partial charge in [-0.1, -0.05) is 33.3 Å². The first-order valence-corrected chi connectivity index (χ1v) is 8.15. The fourth-order valence-electron chi connectivity index (χ4n) is 4.18. The van der Waals surface area contributed by atoms with Gasteiger partial charge < -0.3 is 5.73 Å². The molecule has 1 aromatic heterocycles. The third-order valence-corrected chi connectivity index (χ3v) is 5.24. The smallest absolute Gasteiger partial charge is 0.223 e. The Bertz CT molecular complexity index is 471. The summed E-state index contributed by atoms with van der Waals surface area (Å²) in [5.41, 5.74) is 6.59. The first kappa shape index (κ1) is 16.0. The quantitative estimate of drug-likeness (QED) is 0.900. The van der Waals surface area contributed by atoms with Crippen molar-refractivity contribution in [2.45, 2.75) is 52.9 Å². The number of hydrogen-bond acceptors (Lipinski definition) is 2. The molecule has 21 heavy (non-hydrogen) atoms. The number of pyridine rings is 1. The van der Waals surface area contributed by atoms with Crippen LogP contribution in [0.25, 0.3) is 0 Å². The first-order chi connectivity index (χ1) is 9.95. The zero-order valence-electron chi connectivity index (χ0n) is 13.5. The Morgan fingerprint density at radius 2 is 2.19 bits per heavy atom. The summed E-state index contributed by atoms with van der Waals surface area (Å²) in [6.07, 6.45) is 6.73. The number of nitrogens with zero attached hydrogens (tertiary/aromatic N) is 1. The lowest BCUT2D eigenvalue weighted by Gasteiger charge is -2.46. The van der Waals surface area contributed by atoms with E-state index in [4.69, 9.17) is 5.73 Å². The molecule has 0 saturated heterocycles. The van der Waals surface area contributed by atoms with Crippen molar-refractivity contribution in [3.63, 3.8) is 0 Å². The number of amides is 1. The lowest BCUT2D eigenvalue weighted by molar-refractivity contribution is -0.137. The Balaban J connectivity index is 2.22. The molecular weight excluding hydrogens is 260 g/mol. The summed E-state index contributed by atoms with van der Waals surface area (Å²) in [6, 6.07) is 5.96. The molecular formula is C18H28N2O. The summed E-state index contributed by atoms with van der Waals surface area (Å²) in [5.74, 6) is 1.36. The maximum absolute atomic E-state index is 12.4. The number of nitrogens with two attached hydrogens (primary N) is 1. The molecule has 1 aliphatic carbocycles. The average Bonchev–Trinajstić information content (AvgIpc) is 2.45. The highest BCUT2D eigenvalue weighted by molar-refractivity contribution is 5.81. The minimum atomic E-state index is -0.358. The second kappa shape index (κ2) is 6.59. The van der Waals surface area contributed by atoms with Crippen molar-refractivity contribution in [1.29, 1.82) is 0 Å². The summed E-state index contributed by atoms with van der Waals surface area (Å²) in [4.78, 5) is 16.8. The molecule has 2 rings (SSSR count). The minimum Gasteiger partial charge on any atom is -0.369 e. The van der Waals surface area contributed by atoms with E-state index >= 15 is 0 Å². The summed E-state index contributed by atoms with van der Waals surface area (Å²) in [5, 5.41) is 0. The van der Waals surface area contributed by atoms with Crippen LogP contribution in [0.5, 0.6) is 0 Å². The predicted octanol–water partition coefficient (Wildman–Crippen LogP) is 3.58. The van der Waals surface area contributed by atoms with E-state index < -0.39 is 0 Å². The van der Waals surface area contributed by atoms with Gasteiger partial charge in [-0.15, -0.1) is 0 Å². The van der Waals surface area contributed by atoms with Crippen LogP contribution in [0.3, 0.4) is 0 Å². The van der Waals surface area contributed by atoms with Crippen molar-refractivity contribution in [2.24, 2.45) is 28.9 Å². The molecule has 2 N–H and O–H groups in total. The summed E-state index contributed by atoms with van der Waals surface area (Å²) >= 11 is 0. The zero-order valence-corrected chi connectivity index (χ0v) is 13.5. The Hall–Kier alpha value is -1.38. The molecule has 0 unspecified atom stereocenters. The molecule has 0 radical (unpaired) electrons. The van der Waals surface area contributed by atoms with Crippen LogP contribution in [0.15, 0.2) is 24.4 Å². The number of carbonyl (C=O) groups is 1. The second-order valence-electron chi connectivity index (χ2n) is 7.08. The molecule has 116 valence electrons. The largest absolute Gasteiger partial charge is 0.369 e. The maximum atomic E-state index is 12.4. The van der Waals surface area contributed by atoms with Gasteiger partial charge in [0.1, 0.15) is 0 Å². The van der Waals surface area contributed by atoms with Crippen LogP contribution in [0.2, 0.25) is 0 Å². The molecule has 3 atom stereocenters. The number of rotatable bonds is 5. The van der Waals surface area contributed by atoms with E-state index in [1.807, 2.05) is 24.4 Å². The van der Waals surface area contributed by atoms with Gasteiger partial charge in [0.05, 0.1) is 5.41 Å². The molecule has 3 heteroatoms. The summed E-state index contributed by atoms with van der Waals surface area (Å²) in [6.45, 7) is 6.69. The number of carbonyl (C=O) groups excluding carboxylic acids is 1. The molecule has 1 aliphatic rings. The van der Waals surface area contributed by atoms with Crippen molar-refractivity contribution in [3.8, 4) is 0 Å². The van der Waals surface area contributed by atoms with E-state index in [0.717, 1.165) is 31.4 Å². The van der Waals surface area contributed by atoms with Crippen molar-refractivity contribution >= 4 is 5.91 Å². The maximum Gasteiger partial charge on any atom is 0.223 e. The highest BCUT2D eigenvalue weighted by atomic mass is 16.1. The molecule has 0 bridgehead atoms. The lowest BCUT2D eigenvalue weighted by atomic mass is 9.57. The van der Waals surface area contributed by atoms with Gasteiger partial charge in [0, 0.05) is 11.9 Å². The van der Waals surface area contributed by atoms with Crippen LogP contribution in [0, 0.1) is 23.2 Å².